The van der Waals surface area contributed by atoms with Gasteiger partial charge in [0.2, 0.25) is 0 Å². The van der Waals surface area contributed by atoms with Crippen LogP contribution in [0.4, 0.5) is 0 Å². The van der Waals surface area contributed by atoms with Gasteiger partial charge in [-0.3, -0.25) is 0 Å². The first-order valence-electron chi connectivity index (χ1n) is 10.9. The Hall–Kier alpha value is -1.50. The Balaban J connectivity index is 1.80. The van der Waals surface area contributed by atoms with Crippen LogP contribution in [0.3, 0.4) is 0 Å². The van der Waals surface area contributed by atoms with Crippen LogP contribution in [0, 0.1) is 0 Å². The molecule has 2 fully saturated rings. The molecule has 30 heavy (non-hydrogen) atoms. The predicted octanol–water partition coefficient (Wildman–Crippen LogP) is 3.87. The van der Waals surface area contributed by atoms with E-state index in [9.17, 15) is 0 Å². The van der Waals surface area contributed by atoms with Crippen molar-refractivity contribution >= 4 is 18.7 Å². The highest BCUT2D eigenvalue weighted by molar-refractivity contribution is 6.99. The Morgan fingerprint density at radius 1 is 0.967 bits per heavy atom. The highest BCUT2D eigenvalue weighted by Crippen LogP contribution is 2.40. The molecule has 0 bridgehead atoms. The second kappa shape index (κ2) is 8.21. The fraction of sp³-hybridized carbons (Fsp3) is 0.520. The van der Waals surface area contributed by atoms with E-state index in [-0.39, 0.29) is 23.4 Å². The van der Waals surface area contributed by atoms with Crippen LogP contribution in [0.15, 0.2) is 60.7 Å². The van der Waals surface area contributed by atoms with Gasteiger partial charge >= 0.3 is 0 Å². The van der Waals surface area contributed by atoms with Gasteiger partial charge in [-0.05, 0) is 29.3 Å². The Kier molecular flexibility index (Phi) is 5.94. The lowest BCUT2D eigenvalue weighted by Crippen LogP contribution is -2.68. The van der Waals surface area contributed by atoms with Crippen LogP contribution in [0.2, 0.25) is 5.04 Å². The monoisotopic (exact) mass is 426 g/mol. The van der Waals surface area contributed by atoms with Crippen LogP contribution >= 0.6 is 0 Å². The molecular formula is C25H34O4Si. The number of ether oxygens (including phenoxy) is 3. The van der Waals surface area contributed by atoms with Gasteiger partial charge in [0.1, 0.15) is 6.10 Å². The molecule has 0 saturated carbocycles. The summed E-state index contributed by atoms with van der Waals surface area (Å²) in [5.41, 5.74) is 0. The molecule has 2 aromatic carbocycles. The zero-order chi connectivity index (χ0) is 21.4. The zero-order valence-corrected chi connectivity index (χ0v) is 19.8. The number of hydrogen-bond acceptors (Lipinski definition) is 4. The van der Waals surface area contributed by atoms with Gasteiger partial charge in [-0.1, -0.05) is 81.4 Å². The standard InChI is InChI=1S/C25H34O4Si/c1-24(2,3)30(20-12-8-6-9-13-20,21-14-10-7-11-15-21)29-22(16-19-17-26-19)23-18-27-25(4,5)28-23/h6-15,19,22-23H,16-18H2,1-5H3/t19?,22-,23+/m0/s1. The third-order valence-electron chi connectivity index (χ3n) is 6.09. The van der Waals surface area contributed by atoms with Crippen LogP contribution in [0.1, 0.15) is 41.0 Å². The van der Waals surface area contributed by atoms with Crippen LogP contribution < -0.4 is 10.4 Å². The maximum absolute atomic E-state index is 7.36. The van der Waals surface area contributed by atoms with Crippen LogP contribution in [-0.2, 0) is 18.6 Å². The van der Waals surface area contributed by atoms with Gasteiger partial charge < -0.3 is 18.6 Å². The number of rotatable bonds is 7. The summed E-state index contributed by atoms with van der Waals surface area (Å²) >= 11 is 0. The molecule has 2 aliphatic rings. The SMILES string of the molecule is CC1(C)OC[C@H]([C@H](CC2CO2)O[Si](c2ccccc2)(c2ccccc2)C(C)(C)C)O1. The summed E-state index contributed by atoms with van der Waals surface area (Å²) in [6.07, 6.45) is 0.881. The lowest BCUT2D eigenvalue weighted by molar-refractivity contribution is -0.150. The third-order valence-corrected chi connectivity index (χ3v) is 11.1. The van der Waals surface area contributed by atoms with Crippen LogP contribution in [-0.4, -0.2) is 45.6 Å². The minimum atomic E-state index is -2.66. The fourth-order valence-electron chi connectivity index (χ4n) is 4.56. The second-order valence-electron chi connectivity index (χ2n) is 9.88. The maximum Gasteiger partial charge on any atom is 0.261 e. The average molecular weight is 427 g/mol. The first-order chi connectivity index (χ1) is 14.2. The molecule has 4 rings (SSSR count). The topological polar surface area (TPSA) is 40.2 Å². The van der Waals surface area contributed by atoms with Crippen molar-refractivity contribution in [3.8, 4) is 0 Å². The Labute approximate surface area is 181 Å². The normalized spacial score (nSPS) is 24.6. The van der Waals surface area contributed by atoms with Crippen LogP contribution in [0.5, 0.6) is 0 Å². The molecule has 2 aliphatic heterocycles. The van der Waals surface area contributed by atoms with E-state index in [1.165, 1.54) is 10.4 Å². The quantitative estimate of drug-likeness (QED) is 0.498. The molecule has 0 aromatic heterocycles. The van der Waals surface area contributed by atoms with E-state index in [1.54, 1.807) is 0 Å². The molecule has 5 heteroatoms. The van der Waals surface area contributed by atoms with Crippen molar-refractivity contribution in [2.24, 2.45) is 0 Å². The van der Waals surface area contributed by atoms with Crippen molar-refractivity contribution in [3.63, 3.8) is 0 Å². The Morgan fingerprint density at radius 2 is 1.50 bits per heavy atom. The average Bonchev–Trinajstić information content (AvgIpc) is 3.46. The summed E-state index contributed by atoms with van der Waals surface area (Å²) in [6.45, 7) is 12.2. The van der Waals surface area contributed by atoms with Crippen molar-refractivity contribution in [2.45, 2.75) is 70.2 Å². The second-order valence-corrected chi connectivity index (χ2v) is 14.1. The number of hydrogen-bond donors (Lipinski definition) is 0. The maximum atomic E-state index is 7.36. The summed E-state index contributed by atoms with van der Waals surface area (Å²) in [6, 6.07) is 21.5. The zero-order valence-electron chi connectivity index (χ0n) is 18.8. The fourth-order valence-corrected chi connectivity index (χ4v) is 9.27. The summed E-state index contributed by atoms with van der Waals surface area (Å²) in [7, 11) is -2.66. The number of benzene rings is 2. The first kappa shape index (κ1) is 21.7. The van der Waals surface area contributed by atoms with E-state index in [1.807, 2.05) is 13.8 Å². The molecule has 0 radical (unpaired) electrons. The third kappa shape index (κ3) is 4.41. The van der Waals surface area contributed by atoms with Crippen molar-refractivity contribution in [2.75, 3.05) is 13.2 Å². The summed E-state index contributed by atoms with van der Waals surface area (Å²) in [5.74, 6) is -0.581. The van der Waals surface area contributed by atoms with Gasteiger partial charge in [-0.15, -0.1) is 0 Å². The van der Waals surface area contributed by atoms with E-state index in [0.717, 1.165) is 13.0 Å². The molecule has 2 saturated heterocycles. The summed E-state index contributed by atoms with van der Waals surface area (Å²) in [4.78, 5) is 0. The summed E-state index contributed by atoms with van der Waals surface area (Å²) < 4.78 is 25.2. The molecule has 0 amide bonds. The smallest absolute Gasteiger partial charge is 0.261 e. The lowest BCUT2D eigenvalue weighted by Gasteiger charge is -2.46. The number of epoxide rings is 1. The molecule has 2 aromatic rings. The van der Waals surface area contributed by atoms with E-state index in [2.05, 4.69) is 81.4 Å². The molecule has 0 N–H and O–H groups in total. The molecule has 0 spiro atoms. The van der Waals surface area contributed by atoms with Gasteiger partial charge in [-0.25, -0.2) is 0 Å². The molecule has 1 unspecified atom stereocenters. The van der Waals surface area contributed by atoms with Gasteiger partial charge in [0.15, 0.2) is 5.79 Å². The first-order valence-corrected chi connectivity index (χ1v) is 12.8. The van der Waals surface area contributed by atoms with Crippen molar-refractivity contribution in [1.82, 2.24) is 0 Å². The van der Waals surface area contributed by atoms with Gasteiger partial charge in [0.05, 0.1) is 25.4 Å². The van der Waals surface area contributed by atoms with Gasteiger partial charge in [0, 0.05) is 6.42 Å². The van der Waals surface area contributed by atoms with E-state index >= 15 is 0 Å². The summed E-state index contributed by atoms with van der Waals surface area (Å²) in [5, 5.41) is 2.49. The van der Waals surface area contributed by atoms with Crippen molar-refractivity contribution in [3.05, 3.63) is 60.7 Å². The molecule has 4 nitrogen and oxygen atoms in total. The lowest BCUT2D eigenvalue weighted by atomic mass is 10.1. The van der Waals surface area contributed by atoms with Crippen LogP contribution in [0.25, 0.3) is 0 Å². The predicted molar refractivity (Wildman–Crippen MR) is 122 cm³/mol. The molecular weight excluding hydrogens is 392 g/mol. The highest BCUT2D eigenvalue weighted by Gasteiger charge is 2.53. The molecule has 2 heterocycles. The van der Waals surface area contributed by atoms with Crippen molar-refractivity contribution < 1.29 is 18.6 Å². The molecule has 162 valence electrons. The Morgan fingerprint density at radius 3 is 1.90 bits per heavy atom. The molecule has 3 atom stereocenters. The minimum absolute atomic E-state index is 0.0760. The van der Waals surface area contributed by atoms with E-state index in [0.29, 0.717) is 6.61 Å². The molecule has 0 aliphatic carbocycles. The highest BCUT2D eigenvalue weighted by atomic mass is 28.4. The van der Waals surface area contributed by atoms with E-state index in [4.69, 9.17) is 18.6 Å². The Bertz CT molecular complexity index is 788. The van der Waals surface area contributed by atoms with Gasteiger partial charge in [-0.2, -0.15) is 0 Å². The van der Waals surface area contributed by atoms with Gasteiger partial charge in [0.25, 0.3) is 8.32 Å². The van der Waals surface area contributed by atoms with Crippen molar-refractivity contribution in [1.29, 1.82) is 0 Å². The van der Waals surface area contributed by atoms with E-state index < -0.39 is 14.1 Å². The minimum Gasteiger partial charge on any atom is -0.402 e. The largest absolute Gasteiger partial charge is 0.402 e.